The molecule has 0 aliphatic carbocycles. The Morgan fingerprint density at radius 2 is 2.14 bits per heavy atom. The second-order valence-corrected chi connectivity index (χ2v) is 5.19. The highest BCUT2D eigenvalue weighted by molar-refractivity contribution is 6.31. The van der Waals surface area contributed by atoms with E-state index in [9.17, 15) is 9.59 Å². The van der Waals surface area contributed by atoms with Crippen molar-refractivity contribution in [2.45, 2.75) is 20.0 Å². The van der Waals surface area contributed by atoms with Crippen LogP contribution in [0.2, 0.25) is 5.02 Å². The van der Waals surface area contributed by atoms with Crippen molar-refractivity contribution < 1.29 is 14.7 Å². The minimum Gasteiger partial charge on any atom is -0.476 e. The third-order valence-corrected chi connectivity index (χ3v) is 3.51. The van der Waals surface area contributed by atoms with Gasteiger partial charge in [-0.25, -0.2) is 4.79 Å². The smallest absolute Gasteiger partial charge is 0.357 e. The maximum atomic E-state index is 12.5. The summed E-state index contributed by atoms with van der Waals surface area (Å²) in [5.74, 6) is -1.68. The molecule has 0 aliphatic rings. The van der Waals surface area contributed by atoms with Gasteiger partial charge in [-0.15, -0.1) is 0 Å². The molecule has 2 rings (SSSR count). The average molecular weight is 326 g/mol. The summed E-state index contributed by atoms with van der Waals surface area (Å²) in [4.78, 5) is 25.0. The molecule has 0 spiro atoms. The van der Waals surface area contributed by atoms with E-state index in [2.05, 4.69) is 10.2 Å². The molecule has 2 aromatic rings. The molecule has 0 atom stereocenters. The van der Waals surface area contributed by atoms with E-state index in [1.54, 1.807) is 18.8 Å². The highest BCUT2D eigenvalue weighted by atomic mass is 35.5. The molecule has 2 aromatic heterocycles. The van der Waals surface area contributed by atoms with E-state index < -0.39 is 11.9 Å². The van der Waals surface area contributed by atoms with Crippen molar-refractivity contribution in [1.82, 2.24) is 24.5 Å². The van der Waals surface area contributed by atoms with Gasteiger partial charge in [0.15, 0.2) is 5.69 Å². The first-order chi connectivity index (χ1) is 10.3. The molecular weight excluding hydrogens is 310 g/mol. The Bertz CT molecular complexity index is 721. The maximum Gasteiger partial charge on any atom is 0.357 e. The molecular formula is C13H16ClN5O3. The van der Waals surface area contributed by atoms with E-state index in [4.69, 9.17) is 16.7 Å². The third kappa shape index (κ3) is 2.96. The van der Waals surface area contributed by atoms with Crippen molar-refractivity contribution in [2.75, 3.05) is 7.05 Å². The van der Waals surface area contributed by atoms with Crippen molar-refractivity contribution >= 4 is 23.5 Å². The number of nitrogens with zero attached hydrogens (tertiary/aromatic N) is 5. The Morgan fingerprint density at radius 1 is 1.45 bits per heavy atom. The van der Waals surface area contributed by atoms with E-state index >= 15 is 0 Å². The van der Waals surface area contributed by atoms with Gasteiger partial charge < -0.3 is 10.0 Å². The zero-order valence-electron chi connectivity index (χ0n) is 12.4. The summed E-state index contributed by atoms with van der Waals surface area (Å²) in [6.45, 7) is 2.76. The zero-order chi connectivity index (χ0) is 16.4. The normalized spacial score (nSPS) is 10.7. The molecule has 0 unspecified atom stereocenters. The van der Waals surface area contributed by atoms with E-state index in [1.807, 2.05) is 6.92 Å². The monoisotopic (exact) mass is 325 g/mol. The van der Waals surface area contributed by atoms with Crippen LogP contribution in [-0.2, 0) is 20.1 Å². The number of aromatic carboxylic acids is 1. The average Bonchev–Trinajstić information content (AvgIpc) is 3.02. The van der Waals surface area contributed by atoms with E-state index in [-0.39, 0.29) is 17.8 Å². The fourth-order valence-corrected chi connectivity index (χ4v) is 2.32. The number of carbonyl (C=O) groups is 2. The lowest BCUT2D eigenvalue weighted by atomic mass is 10.2. The summed E-state index contributed by atoms with van der Waals surface area (Å²) in [6.07, 6.45) is 2.91. The molecule has 0 saturated heterocycles. The number of halogens is 1. The van der Waals surface area contributed by atoms with Gasteiger partial charge >= 0.3 is 5.97 Å². The van der Waals surface area contributed by atoms with Crippen LogP contribution >= 0.6 is 11.6 Å². The predicted molar refractivity (Wildman–Crippen MR) is 78.9 cm³/mol. The first-order valence-electron chi connectivity index (χ1n) is 6.57. The Hall–Kier alpha value is -2.35. The van der Waals surface area contributed by atoms with E-state index in [0.29, 0.717) is 17.3 Å². The van der Waals surface area contributed by atoms with Crippen LogP contribution in [0.15, 0.2) is 12.4 Å². The van der Waals surface area contributed by atoms with Crippen LogP contribution in [0, 0.1) is 0 Å². The lowest BCUT2D eigenvalue weighted by molar-refractivity contribution is 0.0674. The standard InChI is InChI=1S/C13H16ClN5O3/c1-4-19-10(9(14)5-15-19)7-17(2)12(20)8-6-18(3)16-11(8)13(21)22/h5-6H,4,7H2,1-3H3,(H,21,22). The molecule has 0 aliphatic heterocycles. The number of aromatic nitrogens is 4. The molecule has 1 amide bonds. The SMILES string of the molecule is CCn1ncc(Cl)c1CN(C)C(=O)c1cn(C)nc1C(=O)O. The number of rotatable bonds is 5. The Balaban J connectivity index is 2.26. The largest absolute Gasteiger partial charge is 0.476 e. The number of carboxylic acids is 1. The molecule has 2 heterocycles. The van der Waals surface area contributed by atoms with Gasteiger partial charge in [-0.1, -0.05) is 11.6 Å². The summed E-state index contributed by atoms with van der Waals surface area (Å²) in [6, 6.07) is 0. The Labute approximate surface area is 131 Å². The summed E-state index contributed by atoms with van der Waals surface area (Å²) >= 11 is 6.07. The lowest BCUT2D eigenvalue weighted by Gasteiger charge is -2.17. The number of amides is 1. The third-order valence-electron chi connectivity index (χ3n) is 3.19. The zero-order valence-corrected chi connectivity index (χ0v) is 13.2. The number of carbonyl (C=O) groups excluding carboxylic acids is 1. The number of carboxylic acid groups (broad SMARTS) is 1. The fourth-order valence-electron chi connectivity index (χ4n) is 2.12. The molecule has 22 heavy (non-hydrogen) atoms. The fraction of sp³-hybridized carbons (Fsp3) is 0.385. The quantitative estimate of drug-likeness (QED) is 0.893. The number of aryl methyl sites for hydroxylation is 2. The summed E-state index contributed by atoms with van der Waals surface area (Å²) in [5, 5.41) is 17.5. The van der Waals surface area contributed by atoms with Crippen LogP contribution in [0.3, 0.4) is 0 Å². The first kappa shape index (κ1) is 16.0. The first-order valence-corrected chi connectivity index (χ1v) is 6.95. The van der Waals surface area contributed by atoms with Crippen LogP contribution in [0.4, 0.5) is 0 Å². The van der Waals surface area contributed by atoms with Crippen LogP contribution in [0.5, 0.6) is 0 Å². The molecule has 0 radical (unpaired) electrons. The van der Waals surface area contributed by atoms with Gasteiger partial charge in [-0.3, -0.25) is 14.2 Å². The Morgan fingerprint density at radius 3 is 2.73 bits per heavy atom. The van der Waals surface area contributed by atoms with Crippen molar-refractivity contribution in [3.05, 3.63) is 34.4 Å². The highest BCUT2D eigenvalue weighted by Gasteiger charge is 2.24. The summed E-state index contributed by atoms with van der Waals surface area (Å²) in [7, 11) is 3.14. The molecule has 118 valence electrons. The minimum absolute atomic E-state index is 0.0381. The van der Waals surface area contributed by atoms with Gasteiger partial charge in [-0.05, 0) is 6.92 Å². The molecule has 8 nitrogen and oxygen atoms in total. The molecule has 0 aromatic carbocycles. The van der Waals surface area contributed by atoms with E-state index in [0.717, 1.165) is 0 Å². The predicted octanol–water partition coefficient (Wildman–Crippen LogP) is 1.26. The van der Waals surface area contributed by atoms with E-state index in [1.165, 1.54) is 22.0 Å². The van der Waals surface area contributed by atoms with Crippen molar-refractivity contribution in [3.8, 4) is 0 Å². The second kappa shape index (κ2) is 6.18. The second-order valence-electron chi connectivity index (χ2n) is 4.79. The summed E-state index contributed by atoms with van der Waals surface area (Å²) < 4.78 is 2.99. The van der Waals surface area contributed by atoms with Crippen LogP contribution < -0.4 is 0 Å². The minimum atomic E-state index is -1.24. The molecule has 1 N–H and O–H groups in total. The maximum absolute atomic E-state index is 12.5. The van der Waals surface area contributed by atoms with Crippen LogP contribution in [0.25, 0.3) is 0 Å². The lowest BCUT2D eigenvalue weighted by Crippen LogP contribution is -2.28. The van der Waals surface area contributed by atoms with Gasteiger partial charge in [0.1, 0.15) is 0 Å². The van der Waals surface area contributed by atoms with Crippen molar-refractivity contribution in [1.29, 1.82) is 0 Å². The van der Waals surface area contributed by atoms with Gasteiger partial charge in [0.05, 0.1) is 29.0 Å². The topological polar surface area (TPSA) is 93.3 Å². The van der Waals surface area contributed by atoms with Gasteiger partial charge in [-0.2, -0.15) is 10.2 Å². The van der Waals surface area contributed by atoms with Gasteiger partial charge in [0.2, 0.25) is 0 Å². The van der Waals surface area contributed by atoms with Gasteiger partial charge in [0, 0.05) is 26.8 Å². The highest BCUT2D eigenvalue weighted by Crippen LogP contribution is 2.18. The van der Waals surface area contributed by atoms with Gasteiger partial charge in [0.25, 0.3) is 5.91 Å². The molecule has 9 heteroatoms. The van der Waals surface area contributed by atoms with Crippen LogP contribution in [-0.4, -0.2) is 48.5 Å². The number of hydrogen-bond acceptors (Lipinski definition) is 4. The van der Waals surface area contributed by atoms with Crippen molar-refractivity contribution in [2.24, 2.45) is 7.05 Å². The molecule has 0 saturated carbocycles. The summed E-state index contributed by atoms with van der Waals surface area (Å²) in [5.41, 5.74) is 0.464. The Kier molecular flexibility index (Phi) is 4.51. The van der Waals surface area contributed by atoms with Crippen molar-refractivity contribution in [3.63, 3.8) is 0 Å². The van der Waals surface area contributed by atoms with Crippen LogP contribution in [0.1, 0.15) is 33.5 Å². The molecule has 0 bridgehead atoms. The molecule has 0 fully saturated rings. The number of hydrogen-bond donors (Lipinski definition) is 1.